The Hall–Kier alpha value is 0.719. The first-order valence-corrected chi connectivity index (χ1v) is 11.7. The number of unbranched alkanes of at least 4 members (excludes halogenated alkanes) is 3. The third-order valence-electron chi connectivity index (χ3n) is 3.17. The van der Waals surface area contributed by atoms with Gasteiger partial charge >= 0.3 is 131 Å². The average molecular weight is 377 g/mol. The topological polar surface area (TPSA) is 18.5 Å². The van der Waals surface area contributed by atoms with E-state index in [1.807, 2.05) is 0 Å². The first-order valence-electron chi connectivity index (χ1n) is 8.27. The molecule has 0 rings (SSSR count). The minimum absolute atomic E-state index is 0.127. The number of ether oxygens (including phenoxy) is 2. The molecule has 0 spiro atoms. The third kappa shape index (κ3) is 10.1. The summed E-state index contributed by atoms with van der Waals surface area (Å²) in [5, 5.41) is 0. The Morgan fingerprint density at radius 3 is 1.68 bits per heavy atom. The van der Waals surface area contributed by atoms with E-state index >= 15 is 0 Å². The summed E-state index contributed by atoms with van der Waals surface area (Å²) in [5.41, 5.74) is 0. The Morgan fingerprint density at radius 1 is 0.737 bits per heavy atom. The van der Waals surface area contributed by atoms with Crippen LogP contribution >= 0.6 is 0 Å². The number of hydrogen-bond acceptors (Lipinski definition) is 2. The normalized spacial score (nSPS) is 12.0. The summed E-state index contributed by atoms with van der Waals surface area (Å²) in [6.45, 7) is 10.7. The molecular weight excluding hydrogens is 343 g/mol. The molecule has 2 radical (unpaired) electrons. The van der Waals surface area contributed by atoms with E-state index < -0.39 is 21.1 Å². The van der Waals surface area contributed by atoms with E-state index in [9.17, 15) is 0 Å². The maximum atomic E-state index is 6.26. The van der Waals surface area contributed by atoms with Crippen LogP contribution in [0.4, 0.5) is 0 Å². The molecule has 0 saturated heterocycles. The van der Waals surface area contributed by atoms with Gasteiger partial charge in [0.25, 0.3) is 0 Å². The predicted molar refractivity (Wildman–Crippen MR) is 84.8 cm³/mol. The van der Waals surface area contributed by atoms with Crippen LogP contribution in [0.2, 0.25) is 4.44 Å². The summed E-state index contributed by atoms with van der Waals surface area (Å²) in [6, 6.07) is 0. The van der Waals surface area contributed by atoms with E-state index in [2.05, 4.69) is 27.7 Å². The van der Waals surface area contributed by atoms with Gasteiger partial charge in [0.1, 0.15) is 0 Å². The van der Waals surface area contributed by atoms with Crippen LogP contribution < -0.4 is 0 Å². The minimum atomic E-state index is -0.609. The van der Waals surface area contributed by atoms with Gasteiger partial charge in [0, 0.05) is 0 Å². The first kappa shape index (κ1) is 19.7. The van der Waals surface area contributed by atoms with Crippen molar-refractivity contribution in [2.45, 2.75) is 87.3 Å². The van der Waals surface area contributed by atoms with Gasteiger partial charge in [0.2, 0.25) is 0 Å². The maximum absolute atomic E-state index is 6.26. The molecule has 0 aromatic heterocycles. The van der Waals surface area contributed by atoms with Crippen molar-refractivity contribution < 1.29 is 9.47 Å². The van der Waals surface area contributed by atoms with Crippen LogP contribution in [-0.2, 0) is 9.47 Å². The Bertz CT molecular complexity index is 159. The van der Waals surface area contributed by atoms with Gasteiger partial charge in [-0.3, -0.25) is 0 Å². The standard InChI is InChI=1S/C12H25O2.C4H9.Sn/c1-4-7-10-13-12(9-6-3)14-11-8-5-2;1-3-4-2;/h4-11H2,1-3H3;1,3-4H2,2H3;. The molecule has 19 heavy (non-hydrogen) atoms. The molecule has 2 nitrogen and oxygen atoms in total. The molecule has 0 atom stereocenters. The quantitative estimate of drug-likeness (QED) is 0.241. The molecule has 0 aliphatic heterocycles. The molecule has 0 amide bonds. The van der Waals surface area contributed by atoms with Gasteiger partial charge in [0.05, 0.1) is 0 Å². The summed E-state index contributed by atoms with van der Waals surface area (Å²) in [7, 11) is 0. The van der Waals surface area contributed by atoms with Crippen molar-refractivity contribution in [2.24, 2.45) is 0 Å². The van der Waals surface area contributed by atoms with Gasteiger partial charge in [-0.2, -0.15) is 0 Å². The SMILES string of the molecule is CCCCO[C](CCC)(OCCCC)[Sn][CH2]CCC. The second-order valence-corrected chi connectivity index (χ2v) is 9.80. The van der Waals surface area contributed by atoms with E-state index in [0.717, 1.165) is 32.5 Å². The van der Waals surface area contributed by atoms with Crippen LogP contribution in [0.25, 0.3) is 0 Å². The molecule has 0 aliphatic carbocycles. The number of hydrogen-bond donors (Lipinski definition) is 0. The van der Waals surface area contributed by atoms with Gasteiger partial charge in [0.15, 0.2) is 0 Å². The fourth-order valence-corrected chi connectivity index (χ4v) is 6.91. The van der Waals surface area contributed by atoms with E-state index in [-0.39, 0.29) is 3.80 Å². The van der Waals surface area contributed by atoms with Crippen molar-refractivity contribution in [1.29, 1.82) is 0 Å². The Labute approximate surface area is 131 Å². The predicted octanol–water partition coefficient (Wildman–Crippen LogP) is 5.00. The molecule has 0 heterocycles. The fraction of sp³-hybridized carbons (Fsp3) is 1.00. The van der Waals surface area contributed by atoms with Gasteiger partial charge in [-0.05, 0) is 0 Å². The van der Waals surface area contributed by atoms with Crippen molar-refractivity contribution in [3.8, 4) is 0 Å². The molecule has 0 N–H and O–H groups in total. The monoisotopic (exact) mass is 378 g/mol. The van der Waals surface area contributed by atoms with Crippen LogP contribution in [0.5, 0.6) is 0 Å². The zero-order chi connectivity index (χ0) is 14.4. The summed E-state index contributed by atoms with van der Waals surface area (Å²) in [4.78, 5) is 0. The summed E-state index contributed by atoms with van der Waals surface area (Å²) in [5.74, 6) is 0. The van der Waals surface area contributed by atoms with E-state index in [4.69, 9.17) is 9.47 Å². The average Bonchev–Trinajstić information content (AvgIpc) is 2.40. The fourth-order valence-electron chi connectivity index (χ4n) is 1.92. The Balaban J connectivity index is 4.37. The van der Waals surface area contributed by atoms with Crippen LogP contribution in [0.1, 0.15) is 79.1 Å². The molecule has 0 unspecified atom stereocenters. The van der Waals surface area contributed by atoms with Gasteiger partial charge in [-0.1, -0.05) is 0 Å². The van der Waals surface area contributed by atoms with Crippen LogP contribution in [-0.4, -0.2) is 38.2 Å². The van der Waals surface area contributed by atoms with Gasteiger partial charge in [-0.15, -0.1) is 0 Å². The Kier molecular flexibility index (Phi) is 14.2. The molecule has 0 aromatic rings. The van der Waals surface area contributed by atoms with Crippen molar-refractivity contribution in [1.82, 2.24) is 0 Å². The van der Waals surface area contributed by atoms with Crippen LogP contribution in [0.3, 0.4) is 0 Å². The van der Waals surface area contributed by atoms with E-state index in [0.29, 0.717) is 0 Å². The summed E-state index contributed by atoms with van der Waals surface area (Å²) < 4.78 is 13.8. The third-order valence-corrected chi connectivity index (χ3v) is 7.97. The van der Waals surface area contributed by atoms with Gasteiger partial charge in [-0.25, -0.2) is 0 Å². The van der Waals surface area contributed by atoms with Crippen molar-refractivity contribution in [3.63, 3.8) is 0 Å². The molecule has 3 heteroatoms. The van der Waals surface area contributed by atoms with E-state index in [1.165, 1.54) is 36.5 Å². The molecule has 114 valence electrons. The molecule has 0 aliphatic rings. The second-order valence-electron chi connectivity index (χ2n) is 5.19. The molecule has 0 bridgehead atoms. The van der Waals surface area contributed by atoms with Crippen molar-refractivity contribution in [3.05, 3.63) is 0 Å². The van der Waals surface area contributed by atoms with E-state index in [1.54, 1.807) is 0 Å². The zero-order valence-electron chi connectivity index (χ0n) is 13.6. The first-order chi connectivity index (χ1) is 9.24. The molecular formula is C16H34O2Sn. The van der Waals surface area contributed by atoms with Crippen LogP contribution in [0.15, 0.2) is 0 Å². The zero-order valence-corrected chi connectivity index (χ0v) is 16.4. The molecule has 0 fully saturated rings. The Morgan fingerprint density at radius 2 is 1.26 bits per heavy atom. The van der Waals surface area contributed by atoms with Crippen molar-refractivity contribution in [2.75, 3.05) is 13.2 Å². The summed E-state index contributed by atoms with van der Waals surface area (Å²) in [6.07, 6.45) is 9.67. The summed E-state index contributed by atoms with van der Waals surface area (Å²) >= 11 is -0.609. The van der Waals surface area contributed by atoms with Crippen molar-refractivity contribution >= 4 is 21.1 Å². The molecule has 0 aromatic carbocycles. The molecule has 0 saturated carbocycles. The van der Waals surface area contributed by atoms with Gasteiger partial charge < -0.3 is 0 Å². The van der Waals surface area contributed by atoms with Crippen LogP contribution in [0, 0.1) is 0 Å². The number of rotatable bonds is 14. The second kappa shape index (κ2) is 13.7.